The van der Waals surface area contributed by atoms with E-state index >= 15 is 0 Å². The zero-order chi connectivity index (χ0) is 11.1. The largest absolute Gasteiger partial charge is 0.368 e. The fourth-order valence-corrected chi connectivity index (χ4v) is 2.22. The molecule has 4 nitrogen and oxygen atoms in total. The summed E-state index contributed by atoms with van der Waals surface area (Å²) in [4.78, 5) is 18.1. The van der Waals surface area contributed by atoms with Gasteiger partial charge in [-0.05, 0) is 25.0 Å². The number of nitrogens with zero attached hydrogens (tertiary/aromatic N) is 2. The predicted molar refractivity (Wildman–Crippen MR) is 58.2 cm³/mol. The number of aryl methyl sites for hydroxylation is 1. The average Bonchev–Trinajstić information content (AvgIpc) is 3.06. The first kappa shape index (κ1) is 9.78. The van der Waals surface area contributed by atoms with Crippen LogP contribution in [0.15, 0.2) is 18.5 Å². The van der Waals surface area contributed by atoms with Crippen molar-refractivity contribution in [3.63, 3.8) is 0 Å². The van der Waals surface area contributed by atoms with Crippen LogP contribution >= 0.6 is 0 Å². The number of likely N-dealkylation sites (tertiary alicyclic amines) is 1. The van der Waals surface area contributed by atoms with E-state index in [2.05, 4.69) is 4.98 Å². The summed E-state index contributed by atoms with van der Waals surface area (Å²) < 4.78 is 5.41. The number of ether oxygens (including phenoxy) is 1. The van der Waals surface area contributed by atoms with Gasteiger partial charge in [-0.1, -0.05) is 0 Å². The van der Waals surface area contributed by atoms with Crippen molar-refractivity contribution in [2.75, 3.05) is 13.1 Å². The fraction of sp³-hybridized carbons (Fsp3) is 0.500. The van der Waals surface area contributed by atoms with Gasteiger partial charge in [0.25, 0.3) is 5.91 Å². The molecular formula is C12H14N2O2. The van der Waals surface area contributed by atoms with Crippen molar-refractivity contribution in [2.45, 2.75) is 25.6 Å². The summed E-state index contributed by atoms with van der Waals surface area (Å²) in [5, 5.41) is 0. The lowest BCUT2D eigenvalue weighted by molar-refractivity contribution is 0.0736. The van der Waals surface area contributed by atoms with Gasteiger partial charge in [0.1, 0.15) is 6.10 Å². The highest BCUT2D eigenvalue weighted by molar-refractivity contribution is 5.94. The smallest absolute Gasteiger partial charge is 0.255 e. The molecule has 0 bridgehead atoms. The van der Waals surface area contributed by atoms with E-state index in [1.807, 2.05) is 17.9 Å². The van der Waals surface area contributed by atoms with E-state index in [0.717, 1.165) is 25.1 Å². The number of hydrogen-bond donors (Lipinski definition) is 0. The van der Waals surface area contributed by atoms with Crippen LogP contribution < -0.4 is 0 Å². The number of carbonyl (C=O) groups is 1. The number of pyridine rings is 1. The summed E-state index contributed by atoms with van der Waals surface area (Å²) in [5.74, 6) is 0.0742. The lowest BCUT2D eigenvalue weighted by Crippen LogP contribution is -2.39. The summed E-state index contributed by atoms with van der Waals surface area (Å²) in [5.41, 5.74) is 1.70. The van der Waals surface area contributed by atoms with Gasteiger partial charge in [0.2, 0.25) is 0 Å². The van der Waals surface area contributed by atoms with Gasteiger partial charge in [0.15, 0.2) is 0 Å². The highest BCUT2D eigenvalue weighted by Crippen LogP contribution is 2.31. The van der Waals surface area contributed by atoms with Crippen molar-refractivity contribution in [3.8, 4) is 0 Å². The summed E-state index contributed by atoms with van der Waals surface area (Å²) >= 11 is 0. The van der Waals surface area contributed by atoms with Crippen molar-refractivity contribution in [1.82, 2.24) is 9.88 Å². The molecule has 1 aromatic rings. The van der Waals surface area contributed by atoms with Crippen molar-refractivity contribution < 1.29 is 9.53 Å². The molecule has 1 amide bonds. The molecule has 0 spiro atoms. The number of rotatable bonds is 1. The van der Waals surface area contributed by atoms with Gasteiger partial charge in [0.05, 0.1) is 11.7 Å². The van der Waals surface area contributed by atoms with E-state index in [1.54, 1.807) is 12.4 Å². The molecule has 0 saturated carbocycles. The van der Waals surface area contributed by atoms with Crippen LogP contribution in [0.1, 0.15) is 22.3 Å². The maximum Gasteiger partial charge on any atom is 0.255 e. The Balaban J connectivity index is 1.76. The number of piperidine rings is 1. The van der Waals surface area contributed by atoms with E-state index in [-0.39, 0.29) is 12.0 Å². The molecule has 16 heavy (non-hydrogen) atoms. The Labute approximate surface area is 94.2 Å². The SMILES string of the molecule is Cc1cncc(C(=O)N2CCC3OC3C2)c1. The summed E-state index contributed by atoms with van der Waals surface area (Å²) in [6.45, 7) is 3.48. The van der Waals surface area contributed by atoms with E-state index in [1.165, 1.54) is 0 Å². The molecule has 0 aromatic carbocycles. The molecule has 2 saturated heterocycles. The van der Waals surface area contributed by atoms with Crippen LogP contribution in [-0.4, -0.2) is 41.1 Å². The van der Waals surface area contributed by atoms with Crippen molar-refractivity contribution in [3.05, 3.63) is 29.6 Å². The molecule has 3 rings (SSSR count). The third kappa shape index (κ3) is 1.69. The number of aromatic nitrogens is 1. The highest BCUT2D eigenvalue weighted by Gasteiger charge is 2.44. The van der Waals surface area contributed by atoms with Crippen molar-refractivity contribution >= 4 is 5.91 Å². The third-order valence-corrected chi connectivity index (χ3v) is 3.18. The Kier molecular flexibility index (Phi) is 2.17. The topological polar surface area (TPSA) is 45.7 Å². The summed E-state index contributed by atoms with van der Waals surface area (Å²) in [7, 11) is 0. The zero-order valence-electron chi connectivity index (χ0n) is 9.22. The molecule has 3 heterocycles. The molecule has 0 N–H and O–H groups in total. The zero-order valence-corrected chi connectivity index (χ0v) is 9.22. The Morgan fingerprint density at radius 3 is 3.12 bits per heavy atom. The Morgan fingerprint density at radius 1 is 1.50 bits per heavy atom. The molecule has 2 atom stereocenters. The molecule has 0 radical (unpaired) electrons. The van der Waals surface area contributed by atoms with Gasteiger partial charge >= 0.3 is 0 Å². The molecule has 2 aliphatic heterocycles. The second-order valence-corrected chi connectivity index (χ2v) is 4.50. The summed E-state index contributed by atoms with van der Waals surface area (Å²) in [6.07, 6.45) is 5.06. The minimum absolute atomic E-state index is 0.0742. The van der Waals surface area contributed by atoms with Gasteiger partial charge in [-0.15, -0.1) is 0 Å². The first-order valence-corrected chi connectivity index (χ1v) is 5.60. The van der Waals surface area contributed by atoms with Crippen LogP contribution in [0.2, 0.25) is 0 Å². The van der Waals surface area contributed by atoms with Crippen molar-refractivity contribution in [2.24, 2.45) is 0 Å². The first-order chi connectivity index (χ1) is 7.74. The van der Waals surface area contributed by atoms with Crippen LogP contribution in [0.25, 0.3) is 0 Å². The van der Waals surface area contributed by atoms with Gasteiger partial charge in [-0.25, -0.2) is 0 Å². The minimum Gasteiger partial charge on any atom is -0.368 e. The standard InChI is InChI=1S/C12H14N2O2/c1-8-4-9(6-13-5-8)12(15)14-3-2-10-11(7-14)16-10/h4-6,10-11H,2-3,7H2,1H3. The molecule has 84 valence electrons. The van der Waals surface area contributed by atoms with Crippen LogP contribution in [0.3, 0.4) is 0 Å². The van der Waals surface area contributed by atoms with Gasteiger partial charge in [-0.2, -0.15) is 0 Å². The monoisotopic (exact) mass is 218 g/mol. The van der Waals surface area contributed by atoms with Crippen LogP contribution in [0.5, 0.6) is 0 Å². The van der Waals surface area contributed by atoms with Crippen LogP contribution in [-0.2, 0) is 4.74 Å². The molecule has 4 heteroatoms. The molecule has 1 aromatic heterocycles. The number of amides is 1. The lowest BCUT2D eigenvalue weighted by Gasteiger charge is -2.24. The Morgan fingerprint density at radius 2 is 2.38 bits per heavy atom. The Hall–Kier alpha value is -1.42. The average molecular weight is 218 g/mol. The predicted octanol–water partition coefficient (Wildman–Crippen LogP) is 1.00. The molecule has 0 aliphatic carbocycles. The highest BCUT2D eigenvalue weighted by atomic mass is 16.6. The first-order valence-electron chi connectivity index (χ1n) is 5.60. The third-order valence-electron chi connectivity index (χ3n) is 3.18. The number of hydrogen-bond acceptors (Lipinski definition) is 3. The maximum atomic E-state index is 12.1. The summed E-state index contributed by atoms with van der Waals surface area (Å²) in [6, 6.07) is 1.88. The normalized spacial score (nSPS) is 27.4. The quantitative estimate of drug-likeness (QED) is 0.661. The van der Waals surface area contributed by atoms with E-state index < -0.39 is 0 Å². The van der Waals surface area contributed by atoms with Crippen molar-refractivity contribution in [1.29, 1.82) is 0 Å². The number of epoxide rings is 1. The van der Waals surface area contributed by atoms with Crippen LogP contribution in [0.4, 0.5) is 0 Å². The Bertz CT molecular complexity index is 433. The molecule has 2 fully saturated rings. The molecule has 2 aliphatic rings. The molecular weight excluding hydrogens is 204 g/mol. The number of fused-ring (bicyclic) bond motifs is 1. The fourth-order valence-electron chi connectivity index (χ4n) is 2.22. The lowest BCUT2D eigenvalue weighted by atomic mass is 10.1. The van der Waals surface area contributed by atoms with E-state index in [9.17, 15) is 4.79 Å². The van der Waals surface area contributed by atoms with Gasteiger partial charge < -0.3 is 9.64 Å². The van der Waals surface area contributed by atoms with Crippen LogP contribution in [0, 0.1) is 6.92 Å². The number of carbonyl (C=O) groups excluding carboxylic acids is 1. The minimum atomic E-state index is 0.0742. The molecule has 2 unspecified atom stereocenters. The van der Waals surface area contributed by atoms with E-state index in [4.69, 9.17) is 4.74 Å². The maximum absolute atomic E-state index is 12.1. The van der Waals surface area contributed by atoms with Gasteiger partial charge in [-0.3, -0.25) is 9.78 Å². The second-order valence-electron chi connectivity index (χ2n) is 4.50. The second kappa shape index (κ2) is 3.56. The van der Waals surface area contributed by atoms with Gasteiger partial charge in [0, 0.05) is 25.5 Å². The van der Waals surface area contributed by atoms with E-state index in [0.29, 0.717) is 11.7 Å².